The summed E-state index contributed by atoms with van der Waals surface area (Å²) >= 11 is 0. The lowest BCUT2D eigenvalue weighted by Crippen LogP contribution is -2.43. The van der Waals surface area contributed by atoms with Crippen LogP contribution in [0.15, 0.2) is 24.3 Å². The molecule has 1 aromatic carbocycles. The highest BCUT2D eigenvalue weighted by Crippen LogP contribution is 2.24. The molecule has 1 saturated heterocycles. The number of carbonyl (C=O) groups excluding carboxylic acids is 3. The third-order valence-corrected chi connectivity index (χ3v) is 6.34. The molecule has 1 aliphatic carbocycles. The molecule has 2 fully saturated rings. The Balaban J connectivity index is 1.47. The first kappa shape index (κ1) is 22.3. The molecule has 0 radical (unpaired) electrons. The lowest BCUT2D eigenvalue weighted by atomic mass is 9.89. The first-order valence-corrected chi connectivity index (χ1v) is 11.4. The van der Waals surface area contributed by atoms with Crippen molar-refractivity contribution in [1.29, 1.82) is 0 Å². The Morgan fingerprint density at radius 3 is 2.40 bits per heavy atom. The van der Waals surface area contributed by atoms with Crippen LogP contribution < -0.4 is 10.6 Å². The van der Waals surface area contributed by atoms with E-state index >= 15 is 0 Å². The minimum absolute atomic E-state index is 0.00527. The predicted molar refractivity (Wildman–Crippen MR) is 118 cm³/mol. The Morgan fingerprint density at radius 1 is 1.03 bits per heavy atom. The van der Waals surface area contributed by atoms with Crippen LogP contribution >= 0.6 is 0 Å². The zero-order chi connectivity index (χ0) is 21.5. The SMILES string of the molecule is CC(C)C(=O)Nc1cccc(C(=O)N2CCC(C(=O)NCC3CCCCC3)CC2)c1. The van der Waals surface area contributed by atoms with Crippen molar-refractivity contribution in [2.45, 2.75) is 58.8 Å². The van der Waals surface area contributed by atoms with Crippen LogP contribution in [0, 0.1) is 17.8 Å². The van der Waals surface area contributed by atoms with Crippen molar-refractivity contribution >= 4 is 23.4 Å². The first-order chi connectivity index (χ1) is 14.4. The van der Waals surface area contributed by atoms with Gasteiger partial charge in [-0.1, -0.05) is 39.2 Å². The summed E-state index contributed by atoms with van der Waals surface area (Å²) < 4.78 is 0. The topological polar surface area (TPSA) is 78.5 Å². The van der Waals surface area contributed by atoms with Gasteiger partial charge in [0.15, 0.2) is 0 Å². The smallest absolute Gasteiger partial charge is 0.253 e. The molecule has 0 aromatic heterocycles. The largest absolute Gasteiger partial charge is 0.356 e. The highest BCUT2D eigenvalue weighted by molar-refractivity contribution is 5.97. The highest BCUT2D eigenvalue weighted by Gasteiger charge is 2.28. The van der Waals surface area contributed by atoms with Crippen molar-refractivity contribution in [3.05, 3.63) is 29.8 Å². The van der Waals surface area contributed by atoms with E-state index in [0.717, 1.165) is 6.54 Å². The molecular formula is C24H35N3O3. The minimum Gasteiger partial charge on any atom is -0.356 e. The number of piperidine rings is 1. The molecule has 1 aromatic rings. The number of likely N-dealkylation sites (tertiary alicyclic amines) is 1. The fourth-order valence-corrected chi connectivity index (χ4v) is 4.32. The monoisotopic (exact) mass is 413 g/mol. The van der Waals surface area contributed by atoms with E-state index in [0.29, 0.717) is 43.1 Å². The predicted octanol–water partition coefficient (Wildman–Crippen LogP) is 3.83. The van der Waals surface area contributed by atoms with Crippen molar-refractivity contribution in [3.8, 4) is 0 Å². The standard InChI is InChI=1S/C24H35N3O3/c1-17(2)22(28)26-21-10-6-9-20(15-21)24(30)27-13-11-19(12-14-27)23(29)25-16-18-7-4-3-5-8-18/h6,9-10,15,17-19H,3-5,7-8,11-14,16H2,1-2H3,(H,25,29)(H,26,28). The summed E-state index contributed by atoms with van der Waals surface area (Å²) in [6.45, 7) is 5.64. The van der Waals surface area contributed by atoms with Crippen LogP contribution in [-0.4, -0.2) is 42.3 Å². The summed E-state index contributed by atoms with van der Waals surface area (Å²) in [5, 5.41) is 5.99. The number of hydrogen-bond donors (Lipinski definition) is 2. The Morgan fingerprint density at radius 2 is 1.73 bits per heavy atom. The molecule has 0 bridgehead atoms. The second-order valence-electron chi connectivity index (χ2n) is 9.04. The van der Waals surface area contributed by atoms with E-state index in [-0.39, 0.29) is 29.6 Å². The fourth-order valence-electron chi connectivity index (χ4n) is 4.32. The molecule has 6 heteroatoms. The van der Waals surface area contributed by atoms with Gasteiger partial charge in [0.25, 0.3) is 5.91 Å². The molecule has 6 nitrogen and oxygen atoms in total. The number of benzene rings is 1. The van der Waals surface area contributed by atoms with Gasteiger partial charge in [0.2, 0.25) is 11.8 Å². The number of amides is 3. The van der Waals surface area contributed by atoms with E-state index < -0.39 is 0 Å². The summed E-state index contributed by atoms with van der Waals surface area (Å²) in [7, 11) is 0. The molecule has 3 amide bonds. The van der Waals surface area contributed by atoms with Gasteiger partial charge in [-0.25, -0.2) is 0 Å². The van der Waals surface area contributed by atoms with Gasteiger partial charge in [-0.2, -0.15) is 0 Å². The maximum Gasteiger partial charge on any atom is 0.253 e. The van der Waals surface area contributed by atoms with Crippen molar-refractivity contribution < 1.29 is 14.4 Å². The third kappa shape index (κ3) is 6.07. The quantitative estimate of drug-likeness (QED) is 0.744. The van der Waals surface area contributed by atoms with Crippen LogP contribution in [0.25, 0.3) is 0 Å². The Hall–Kier alpha value is -2.37. The van der Waals surface area contributed by atoms with Crippen molar-refractivity contribution in [2.24, 2.45) is 17.8 Å². The van der Waals surface area contributed by atoms with Crippen LogP contribution in [0.3, 0.4) is 0 Å². The van der Waals surface area contributed by atoms with Gasteiger partial charge in [0.1, 0.15) is 0 Å². The third-order valence-electron chi connectivity index (χ3n) is 6.34. The lowest BCUT2D eigenvalue weighted by Gasteiger charge is -2.32. The first-order valence-electron chi connectivity index (χ1n) is 11.4. The Kier molecular flexibility index (Phi) is 7.88. The zero-order valence-electron chi connectivity index (χ0n) is 18.3. The number of hydrogen-bond acceptors (Lipinski definition) is 3. The van der Waals surface area contributed by atoms with E-state index in [9.17, 15) is 14.4 Å². The van der Waals surface area contributed by atoms with Gasteiger partial charge < -0.3 is 15.5 Å². The minimum atomic E-state index is -0.118. The number of anilines is 1. The van der Waals surface area contributed by atoms with E-state index in [1.54, 1.807) is 24.3 Å². The lowest BCUT2D eigenvalue weighted by molar-refractivity contribution is -0.126. The van der Waals surface area contributed by atoms with Crippen LogP contribution in [0.5, 0.6) is 0 Å². The molecular weight excluding hydrogens is 378 g/mol. The van der Waals surface area contributed by atoms with Crippen LogP contribution in [0.4, 0.5) is 5.69 Å². The number of nitrogens with zero attached hydrogens (tertiary/aromatic N) is 1. The molecule has 1 heterocycles. The molecule has 1 aliphatic heterocycles. The highest BCUT2D eigenvalue weighted by atomic mass is 16.2. The average Bonchev–Trinajstić information content (AvgIpc) is 2.78. The van der Waals surface area contributed by atoms with Crippen LogP contribution in [0.2, 0.25) is 0 Å². The molecule has 164 valence electrons. The van der Waals surface area contributed by atoms with E-state index in [4.69, 9.17) is 0 Å². The van der Waals surface area contributed by atoms with Gasteiger partial charge in [0.05, 0.1) is 0 Å². The van der Waals surface area contributed by atoms with Crippen molar-refractivity contribution in [2.75, 3.05) is 25.0 Å². The van der Waals surface area contributed by atoms with Gasteiger partial charge in [-0.05, 0) is 49.8 Å². The summed E-state index contributed by atoms with van der Waals surface area (Å²) in [4.78, 5) is 39.1. The van der Waals surface area contributed by atoms with E-state index in [1.807, 2.05) is 18.7 Å². The Bertz CT molecular complexity index is 748. The van der Waals surface area contributed by atoms with Crippen molar-refractivity contribution in [3.63, 3.8) is 0 Å². The molecule has 3 rings (SSSR count). The number of rotatable bonds is 6. The second kappa shape index (κ2) is 10.6. The van der Waals surface area contributed by atoms with Gasteiger partial charge >= 0.3 is 0 Å². The van der Waals surface area contributed by atoms with Crippen LogP contribution in [0.1, 0.15) is 69.2 Å². The molecule has 0 unspecified atom stereocenters. The van der Waals surface area contributed by atoms with E-state index in [1.165, 1.54) is 32.1 Å². The van der Waals surface area contributed by atoms with Crippen molar-refractivity contribution in [1.82, 2.24) is 10.2 Å². The maximum absolute atomic E-state index is 12.9. The average molecular weight is 414 g/mol. The summed E-state index contributed by atoms with van der Waals surface area (Å²) in [5.74, 6) is 0.539. The molecule has 2 N–H and O–H groups in total. The molecule has 0 atom stereocenters. The molecule has 2 aliphatic rings. The second-order valence-corrected chi connectivity index (χ2v) is 9.04. The maximum atomic E-state index is 12.9. The zero-order valence-corrected chi connectivity index (χ0v) is 18.3. The molecule has 0 spiro atoms. The summed E-state index contributed by atoms with van der Waals surface area (Å²) in [6, 6.07) is 7.08. The van der Waals surface area contributed by atoms with E-state index in [2.05, 4.69) is 10.6 Å². The molecule has 1 saturated carbocycles. The normalized spacial score (nSPS) is 18.3. The summed E-state index contributed by atoms with van der Waals surface area (Å²) in [6.07, 6.45) is 7.74. The Labute approximate surface area is 179 Å². The molecule has 30 heavy (non-hydrogen) atoms. The van der Waals surface area contributed by atoms with Gasteiger partial charge in [-0.3, -0.25) is 14.4 Å². The number of carbonyl (C=O) groups is 3. The number of nitrogens with one attached hydrogen (secondary N) is 2. The van der Waals surface area contributed by atoms with Gasteiger partial charge in [-0.15, -0.1) is 0 Å². The van der Waals surface area contributed by atoms with Crippen LogP contribution in [-0.2, 0) is 9.59 Å². The summed E-state index contributed by atoms with van der Waals surface area (Å²) in [5.41, 5.74) is 1.20. The van der Waals surface area contributed by atoms with Gasteiger partial charge in [0, 0.05) is 42.7 Å². The fraction of sp³-hybridized carbons (Fsp3) is 0.625.